The summed E-state index contributed by atoms with van der Waals surface area (Å²) in [6.07, 6.45) is -14.6. The summed E-state index contributed by atoms with van der Waals surface area (Å²) in [7, 11) is 0. The van der Waals surface area contributed by atoms with Crippen LogP contribution in [0.3, 0.4) is 0 Å². The molecule has 0 saturated heterocycles. The molecule has 3 heterocycles. The molecule has 0 N–H and O–H groups in total. The summed E-state index contributed by atoms with van der Waals surface area (Å²) >= 11 is 0. The Balaban J connectivity index is 1.06. The van der Waals surface area contributed by atoms with Gasteiger partial charge in [0.05, 0.1) is 61.5 Å². The molecule has 0 aliphatic rings. The highest BCUT2D eigenvalue weighted by Crippen LogP contribution is 2.45. The highest BCUT2D eigenvalue weighted by atomic mass is 19.4. The summed E-state index contributed by atoms with van der Waals surface area (Å²) < 4.78 is 132. The van der Waals surface area contributed by atoms with Crippen molar-refractivity contribution < 1.29 is 39.5 Å². The third-order valence-electron chi connectivity index (χ3n) is 14.8. The Morgan fingerprint density at radius 3 is 1.25 bits per heavy atom. The summed E-state index contributed by atoms with van der Waals surface area (Å²) in [6.45, 7) is 1.64. The van der Waals surface area contributed by atoms with Crippen molar-refractivity contribution >= 4 is 43.6 Å². The van der Waals surface area contributed by atoms with Gasteiger partial charge in [0.15, 0.2) is 5.82 Å². The highest BCUT2D eigenvalue weighted by Gasteiger charge is 2.37. The van der Waals surface area contributed by atoms with Crippen molar-refractivity contribution in [1.29, 1.82) is 0 Å². The van der Waals surface area contributed by atoms with Crippen LogP contribution in [0.15, 0.2) is 231 Å². The lowest BCUT2D eigenvalue weighted by molar-refractivity contribution is -0.143. The first-order valence-electron chi connectivity index (χ1n) is 25.7. The Hall–Kier alpha value is -9.75. The molecule has 0 bridgehead atoms. The number of rotatable bonds is 8. The first-order chi connectivity index (χ1) is 38.9. The monoisotopic (exact) mass is 1080 g/mol. The van der Waals surface area contributed by atoms with Gasteiger partial charge < -0.3 is 9.13 Å². The van der Waals surface area contributed by atoms with E-state index in [9.17, 15) is 39.5 Å². The normalized spacial score (nSPS) is 12.3. The quantitative estimate of drug-likeness (QED) is 0.142. The van der Waals surface area contributed by atoms with Crippen LogP contribution in [0, 0.1) is 6.92 Å². The first kappa shape index (κ1) is 50.7. The van der Waals surface area contributed by atoms with Crippen LogP contribution in [-0.4, -0.2) is 19.1 Å². The van der Waals surface area contributed by atoms with Crippen molar-refractivity contribution in [3.8, 4) is 78.7 Å². The van der Waals surface area contributed by atoms with E-state index in [2.05, 4.69) is 4.57 Å². The smallest absolute Gasteiger partial charge is 0.309 e. The van der Waals surface area contributed by atoms with E-state index in [0.717, 1.165) is 67.8 Å². The zero-order chi connectivity index (χ0) is 56.0. The van der Waals surface area contributed by atoms with E-state index in [0.29, 0.717) is 67.1 Å². The van der Waals surface area contributed by atoms with Crippen molar-refractivity contribution in [2.45, 2.75) is 25.5 Å². The SMILES string of the molecule is Cc1cc(-c2ccc3c(c2)c2ccccc2n3-c2cc(-c3nc(-c4ccccc4)cc(-c4ccccc4)n3)ccc2-c2ccccc2-n2c3ccccc3c3cc(-c4cc(C(F)(F)F)cc(C(F)(F)F)c4)ccc32)cc(C(F)(F)F)c1. The molecule has 81 heavy (non-hydrogen) atoms. The van der Waals surface area contributed by atoms with Gasteiger partial charge in [-0.2, -0.15) is 39.5 Å². The van der Waals surface area contributed by atoms with Crippen molar-refractivity contribution in [1.82, 2.24) is 19.1 Å². The van der Waals surface area contributed by atoms with Crippen LogP contribution in [0.4, 0.5) is 39.5 Å². The lowest BCUT2D eigenvalue weighted by Crippen LogP contribution is -2.11. The minimum Gasteiger partial charge on any atom is -0.309 e. The Kier molecular flexibility index (Phi) is 12.1. The Bertz CT molecular complexity index is 4520. The topological polar surface area (TPSA) is 35.6 Å². The zero-order valence-electron chi connectivity index (χ0n) is 42.6. The third kappa shape index (κ3) is 9.23. The minimum atomic E-state index is -5.03. The van der Waals surface area contributed by atoms with Gasteiger partial charge in [-0.1, -0.05) is 146 Å². The summed E-state index contributed by atoms with van der Waals surface area (Å²) in [6, 6.07) is 66.9. The van der Waals surface area contributed by atoms with Gasteiger partial charge in [-0.3, -0.25) is 0 Å². The third-order valence-corrected chi connectivity index (χ3v) is 14.8. The fraction of sp³-hybridized carbons (Fsp3) is 0.0588. The molecular weight excluding hydrogens is 1040 g/mol. The Morgan fingerprint density at radius 1 is 0.296 bits per heavy atom. The number of benzene rings is 10. The molecule has 0 spiro atoms. The zero-order valence-corrected chi connectivity index (χ0v) is 42.6. The van der Waals surface area contributed by atoms with E-state index in [1.807, 2.05) is 180 Å². The largest absolute Gasteiger partial charge is 0.416 e. The van der Waals surface area contributed by atoms with Gasteiger partial charge in [-0.25, -0.2) is 9.97 Å². The van der Waals surface area contributed by atoms with Crippen LogP contribution >= 0.6 is 0 Å². The second-order valence-electron chi connectivity index (χ2n) is 20.0. The van der Waals surface area contributed by atoms with Crippen molar-refractivity contribution in [2.75, 3.05) is 0 Å². The number of aromatic nitrogens is 4. The van der Waals surface area contributed by atoms with Crippen LogP contribution in [0.1, 0.15) is 22.3 Å². The van der Waals surface area contributed by atoms with E-state index < -0.39 is 35.2 Å². The van der Waals surface area contributed by atoms with Crippen molar-refractivity contribution in [3.05, 3.63) is 253 Å². The van der Waals surface area contributed by atoms with E-state index in [4.69, 9.17) is 9.97 Å². The van der Waals surface area contributed by atoms with E-state index in [1.54, 1.807) is 25.1 Å². The molecule has 0 unspecified atom stereocenters. The fourth-order valence-electron chi connectivity index (χ4n) is 11.1. The number of aryl methyl sites for hydroxylation is 1. The molecule has 0 fully saturated rings. The van der Waals surface area contributed by atoms with Gasteiger partial charge in [0, 0.05) is 49.4 Å². The first-order valence-corrected chi connectivity index (χ1v) is 25.7. The van der Waals surface area contributed by atoms with Gasteiger partial charge in [0.1, 0.15) is 0 Å². The molecule has 10 aromatic carbocycles. The second kappa shape index (κ2) is 19.3. The number of nitrogens with zero attached hydrogens (tertiary/aromatic N) is 4. The molecule has 0 aliphatic carbocycles. The molecular formula is C68H41F9N4. The lowest BCUT2D eigenvalue weighted by Gasteiger charge is -2.20. The maximum atomic E-state index is 14.2. The van der Waals surface area contributed by atoms with Crippen LogP contribution < -0.4 is 0 Å². The second-order valence-corrected chi connectivity index (χ2v) is 20.0. The van der Waals surface area contributed by atoms with Gasteiger partial charge >= 0.3 is 18.5 Å². The van der Waals surface area contributed by atoms with Crippen LogP contribution in [0.2, 0.25) is 0 Å². The van der Waals surface area contributed by atoms with Crippen LogP contribution in [0.5, 0.6) is 0 Å². The minimum absolute atomic E-state index is 0.126. The summed E-state index contributed by atoms with van der Waals surface area (Å²) in [5, 5.41) is 2.94. The van der Waals surface area contributed by atoms with E-state index >= 15 is 0 Å². The number of hydrogen-bond acceptors (Lipinski definition) is 2. The molecule has 0 saturated carbocycles. The number of alkyl halides is 9. The van der Waals surface area contributed by atoms with Crippen LogP contribution in [0.25, 0.3) is 122 Å². The fourth-order valence-corrected chi connectivity index (χ4v) is 11.1. The van der Waals surface area contributed by atoms with Crippen molar-refractivity contribution in [3.63, 3.8) is 0 Å². The average molecular weight is 1090 g/mol. The maximum absolute atomic E-state index is 14.2. The standard InChI is InChI=1S/C68H41F9N4/c1-40-30-46(32-48(31-40)66(69,70)71)43-25-29-63-56(35-43)53-20-10-13-23-61(53)81(63)64-37-45(65-78-57(41-14-4-2-5-15-41)39-58(79-65)42-16-6-3-7-17-42)24-27-54(64)51-18-8-11-21-59(51)80-60-22-12-9-19-52(60)55-36-44(26-28-62(55)80)47-33-49(67(72,73)74)38-50(34-47)68(75,76)77/h2-39H,1H3. The summed E-state index contributed by atoms with van der Waals surface area (Å²) in [5.41, 5.74) is 7.56. The Morgan fingerprint density at radius 2 is 0.716 bits per heavy atom. The number of halogens is 9. The molecule has 13 aromatic rings. The molecule has 3 aromatic heterocycles. The van der Waals surface area contributed by atoms with Gasteiger partial charge in [-0.05, 0) is 120 Å². The van der Waals surface area contributed by atoms with E-state index in [1.165, 1.54) is 12.1 Å². The van der Waals surface area contributed by atoms with Crippen LogP contribution in [-0.2, 0) is 18.5 Å². The summed E-state index contributed by atoms with van der Waals surface area (Å²) in [4.78, 5) is 10.4. The maximum Gasteiger partial charge on any atom is 0.416 e. The molecule has 13 heteroatoms. The Labute approximate surface area is 457 Å². The van der Waals surface area contributed by atoms with E-state index in [-0.39, 0.29) is 17.2 Å². The molecule has 0 aliphatic heterocycles. The predicted octanol–water partition coefficient (Wildman–Crippen LogP) is 20.0. The molecule has 13 rings (SSSR count). The average Bonchev–Trinajstić information content (AvgIpc) is 3.83. The number of fused-ring (bicyclic) bond motifs is 6. The number of hydrogen-bond donors (Lipinski definition) is 0. The van der Waals surface area contributed by atoms with Crippen molar-refractivity contribution in [2.24, 2.45) is 0 Å². The lowest BCUT2D eigenvalue weighted by atomic mass is 9.97. The highest BCUT2D eigenvalue weighted by molar-refractivity contribution is 6.13. The number of para-hydroxylation sites is 3. The summed E-state index contributed by atoms with van der Waals surface area (Å²) in [5.74, 6) is 0.445. The van der Waals surface area contributed by atoms with Gasteiger partial charge in [0.2, 0.25) is 0 Å². The molecule has 0 amide bonds. The predicted molar refractivity (Wildman–Crippen MR) is 303 cm³/mol. The van der Waals surface area contributed by atoms with Gasteiger partial charge in [0.25, 0.3) is 0 Å². The van der Waals surface area contributed by atoms with Gasteiger partial charge in [-0.15, -0.1) is 0 Å². The molecule has 396 valence electrons. The molecule has 0 radical (unpaired) electrons. The molecule has 0 atom stereocenters. The molecule has 4 nitrogen and oxygen atoms in total.